The summed E-state index contributed by atoms with van der Waals surface area (Å²) in [5, 5.41) is 2.36. The standard InChI is InChI=1S/C18H23F2N3O5/c1-18(13-10-12(19)4-5-14(13)20)16(25)23(17(26)21-18)11-15(24)22(6-8-27-2)7-9-28-3/h4-5,10H,6-9,11H2,1-3H3,(H,21,26)/t18-/m0/s1. The smallest absolute Gasteiger partial charge is 0.325 e. The quantitative estimate of drug-likeness (QED) is 0.622. The molecule has 1 aromatic rings. The molecule has 0 aliphatic carbocycles. The van der Waals surface area contributed by atoms with Crippen LogP contribution in [0.25, 0.3) is 0 Å². The maximum absolute atomic E-state index is 14.2. The molecular formula is C18H23F2N3O5. The molecule has 0 spiro atoms. The van der Waals surface area contributed by atoms with E-state index >= 15 is 0 Å². The van der Waals surface area contributed by atoms with E-state index in [2.05, 4.69) is 5.32 Å². The number of imide groups is 1. The second kappa shape index (κ2) is 9.07. The summed E-state index contributed by atoms with van der Waals surface area (Å²) in [4.78, 5) is 39.8. The molecule has 154 valence electrons. The zero-order chi connectivity index (χ0) is 20.9. The molecule has 4 amide bonds. The summed E-state index contributed by atoms with van der Waals surface area (Å²) in [6.45, 7) is 1.76. The number of nitrogens with zero attached hydrogens (tertiary/aromatic N) is 2. The van der Waals surface area contributed by atoms with Gasteiger partial charge in [-0.15, -0.1) is 0 Å². The van der Waals surface area contributed by atoms with Crippen LogP contribution >= 0.6 is 0 Å². The molecule has 1 saturated heterocycles. The van der Waals surface area contributed by atoms with Gasteiger partial charge in [0, 0.05) is 32.9 Å². The lowest BCUT2D eigenvalue weighted by Crippen LogP contribution is -2.46. The first-order chi connectivity index (χ1) is 13.2. The minimum Gasteiger partial charge on any atom is -0.383 e. The Hall–Kier alpha value is -2.59. The van der Waals surface area contributed by atoms with Crippen molar-refractivity contribution in [2.45, 2.75) is 12.5 Å². The number of carbonyl (C=O) groups excluding carboxylic acids is 3. The van der Waals surface area contributed by atoms with Crippen LogP contribution in [0.5, 0.6) is 0 Å². The SMILES string of the molecule is COCCN(CCOC)C(=O)CN1C(=O)N[C@@](C)(c2cc(F)ccc2F)C1=O. The van der Waals surface area contributed by atoms with Crippen LogP contribution in [0, 0.1) is 11.6 Å². The fraction of sp³-hybridized carbons (Fsp3) is 0.500. The van der Waals surface area contributed by atoms with Crippen LogP contribution < -0.4 is 5.32 Å². The van der Waals surface area contributed by atoms with Gasteiger partial charge in [-0.1, -0.05) is 0 Å². The third-order valence-corrected chi connectivity index (χ3v) is 4.52. The molecule has 0 unspecified atom stereocenters. The maximum Gasteiger partial charge on any atom is 0.325 e. The Morgan fingerprint density at radius 1 is 1.18 bits per heavy atom. The van der Waals surface area contributed by atoms with Gasteiger partial charge in [0.25, 0.3) is 5.91 Å². The van der Waals surface area contributed by atoms with E-state index < -0.39 is 41.6 Å². The normalized spacial score (nSPS) is 19.1. The van der Waals surface area contributed by atoms with Crippen LogP contribution in [-0.2, 0) is 24.6 Å². The highest BCUT2D eigenvalue weighted by atomic mass is 19.1. The summed E-state index contributed by atoms with van der Waals surface area (Å²) in [5.41, 5.74) is -2.12. The number of benzene rings is 1. The fourth-order valence-corrected chi connectivity index (χ4v) is 2.90. The van der Waals surface area contributed by atoms with Gasteiger partial charge in [0.1, 0.15) is 23.7 Å². The molecule has 1 atom stereocenters. The molecule has 1 aliphatic heterocycles. The molecule has 1 aromatic carbocycles. The molecule has 1 heterocycles. The molecule has 28 heavy (non-hydrogen) atoms. The van der Waals surface area contributed by atoms with Gasteiger partial charge in [0.05, 0.1) is 13.2 Å². The van der Waals surface area contributed by atoms with Gasteiger partial charge in [0.15, 0.2) is 0 Å². The van der Waals surface area contributed by atoms with Crippen LogP contribution in [0.2, 0.25) is 0 Å². The van der Waals surface area contributed by atoms with E-state index in [0.29, 0.717) is 4.90 Å². The van der Waals surface area contributed by atoms with Crippen LogP contribution in [0.3, 0.4) is 0 Å². The van der Waals surface area contributed by atoms with Crippen molar-refractivity contribution in [2.75, 3.05) is 47.1 Å². The van der Waals surface area contributed by atoms with Gasteiger partial charge in [-0.25, -0.2) is 13.6 Å². The lowest BCUT2D eigenvalue weighted by atomic mass is 9.91. The molecule has 0 bridgehead atoms. The van der Waals surface area contributed by atoms with Gasteiger partial charge >= 0.3 is 6.03 Å². The van der Waals surface area contributed by atoms with Crippen molar-refractivity contribution < 1.29 is 32.6 Å². The van der Waals surface area contributed by atoms with Crippen LogP contribution in [0.4, 0.5) is 13.6 Å². The summed E-state index contributed by atoms with van der Waals surface area (Å²) in [5.74, 6) is -2.93. The number of hydrogen-bond acceptors (Lipinski definition) is 5. The monoisotopic (exact) mass is 399 g/mol. The van der Waals surface area contributed by atoms with Gasteiger partial charge in [0.2, 0.25) is 5.91 Å². The zero-order valence-corrected chi connectivity index (χ0v) is 16.0. The maximum atomic E-state index is 14.2. The largest absolute Gasteiger partial charge is 0.383 e. The second-order valence-electron chi connectivity index (χ2n) is 6.44. The second-order valence-corrected chi connectivity index (χ2v) is 6.44. The Labute approximate surface area is 161 Å². The molecule has 1 aliphatic rings. The Kier molecular flexibility index (Phi) is 7.03. The predicted octanol–water partition coefficient (Wildman–Crippen LogP) is 0.853. The molecule has 10 heteroatoms. The minimum absolute atomic E-state index is 0.248. The molecule has 8 nitrogen and oxygen atoms in total. The van der Waals surface area contributed by atoms with Crippen molar-refractivity contribution in [3.63, 3.8) is 0 Å². The molecular weight excluding hydrogens is 376 g/mol. The predicted molar refractivity (Wildman–Crippen MR) is 94.3 cm³/mol. The number of carbonyl (C=O) groups is 3. The number of methoxy groups -OCH3 is 2. The first-order valence-corrected chi connectivity index (χ1v) is 8.60. The number of ether oxygens (including phenoxy) is 2. The van der Waals surface area contributed by atoms with E-state index in [1.54, 1.807) is 0 Å². The van der Waals surface area contributed by atoms with Crippen molar-refractivity contribution in [3.8, 4) is 0 Å². The Balaban J connectivity index is 2.20. The molecule has 0 aromatic heterocycles. The highest BCUT2D eigenvalue weighted by molar-refractivity contribution is 6.09. The summed E-state index contributed by atoms with van der Waals surface area (Å²) < 4.78 is 37.6. The van der Waals surface area contributed by atoms with Crippen molar-refractivity contribution >= 4 is 17.8 Å². The van der Waals surface area contributed by atoms with Crippen molar-refractivity contribution in [1.82, 2.24) is 15.1 Å². The Bertz CT molecular complexity index is 753. The number of hydrogen-bond donors (Lipinski definition) is 1. The third-order valence-electron chi connectivity index (χ3n) is 4.52. The molecule has 1 N–H and O–H groups in total. The topological polar surface area (TPSA) is 88.2 Å². The summed E-state index contributed by atoms with van der Waals surface area (Å²) in [6.07, 6.45) is 0. The van der Waals surface area contributed by atoms with E-state index in [0.717, 1.165) is 18.2 Å². The van der Waals surface area contributed by atoms with Gasteiger partial charge in [-0.2, -0.15) is 0 Å². The highest BCUT2D eigenvalue weighted by Crippen LogP contribution is 2.31. The number of amides is 4. The van der Waals surface area contributed by atoms with Crippen LogP contribution in [-0.4, -0.2) is 74.7 Å². The van der Waals surface area contributed by atoms with Gasteiger partial charge in [-0.3, -0.25) is 14.5 Å². The van der Waals surface area contributed by atoms with E-state index in [1.165, 1.54) is 26.0 Å². The molecule has 1 fully saturated rings. The van der Waals surface area contributed by atoms with E-state index in [1.807, 2.05) is 0 Å². The summed E-state index contributed by atoms with van der Waals surface area (Å²) in [6, 6.07) is 1.78. The van der Waals surface area contributed by atoms with E-state index in [9.17, 15) is 23.2 Å². The lowest BCUT2D eigenvalue weighted by Gasteiger charge is -2.25. The highest BCUT2D eigenvalue weighted by Gasteiger charge is 2.51. The number of nitrogens with one attached hydrogen (secondary N) is 1. The average molecular weight is 399 g/mol. The number of rotatable bonds is 9. The molecule has 0 saturated carbocycles. The summed E-state index contributed by atoms with van der Waals surface area (Å²) in [7, 11) is 2.96. The van der Waals surface area contributed by atoms with Crippen LogP contribution in [0.1, 0.15) is 12.5 Å². The number of halogens is 2. The van der Waals surface area contributed by atoms with E-state index in [-0.39, 0.29) is 31.9 Å². The van der Waals surface area contributed by atoms with Crippen molar-refractivity contribution in [1.29, 1.82) is 0 Å². The number of urea groups is 1. The molecule has 2 rings (SSSR count). The third kappa shape index (κ3) is 4.45. The van der Waals surface area contributed by atoms with Gasteiger partial charge in [-0.05, 0) is 25.1 Å². The van der Waals surface area contributed by atoms with Crippen molar-refractivity contribution in [2.24, 2.45) is 0 Å². The molecule has 0 radical (unpaired) electrons. The lowest BCUT2D eigenvalue weighted by molar-refractivity contribution is -0.139. The minimum atomic E-state index is -1.81. The first-order valence-electron chi connectivity index (χ1n) is 8.60. The zero-order valence-electron chi connectivity index (χ0n) is 16.0. The first kappa shape index (κ1) is 21.7. The van der Waals surface area contributed by atoms with Crippen molar-refractivity contribution in [3.05, 3.63) is 35.4 Å². The Morgan fingerprint density at radius 3 is 2.36 bits per heavy atom. The Morgan fingerprint density at radius 2 is 1.79 bits per heavy atom. The van der Waals surface area contributed by atoms with E-state index in [4.69, 9.17) is 9.47 Å². The van der Waals surface area contributed by atoms with Gasteiger partial charge < -0.3 is 19.7 Å². The van der Waals surface area contributed by atoms with Crippen LogP contribution in [0.15, 0.2) is 18.2 Å². The summed E-state index contributed by atoms with van der Waals surface area (Å²) >= 11 is 0. The average Bonchev–Trinajstić information content (AvgIpc) is 2.87. The fourth-order valence-electron chi connectivity index (χ4n) is 2.90.